The molecule has 3 aromatic carbocycles. The molecule has 0 N–H and O–H groups in total. The summed E-state index contributed by atoms with van der Waals surface area (Å²) in [7, 11) is 0. The van der Waals surface area contributed by atoms with Gasteiger partial charge < -0.3 is 4.74 Å². The van der Waals surface area contributed by atoms with Gasteiger partial charge in [-0.1, -0.05) is 64.5 Å². The molecule has 0 amide bonds. The summed E-state index contributed by atoms with van der Waals surface area (Å²) >= 11 is 3.53. The van der Waals surface area contributed by atoms with Gasteiger partial charge in [0, 0.05) is 10.7 Å². The fourth-order valence-electron chi connectivity index (χ4n) is 2.24. The third kappa shape index (κ3) is 4.56. The smallest absolute Gasteiger partial charge is 0.120 e. The van der Waals surface area contributed by atoms with Crippen molar-refractivity contribution in [3.63, 3.8) is 0 Å². The molecule has 2 nitrogen and oxygen atoms in total. The maximum atomic E-state index is 5.85. The molecule has 0 atom stereocenters. The Bertz CT molecular complexity index is 843. The summed E-state index contributed by atoms with van der Waals surface area (Å²) in [6.07, 6.45) is 1.85. The minimum atomic E-state index is 0.562. The van der Waals surface area contributed by atoms with Crippen molar-refractivity contribution in [3.05, 3.63) is 94.0 Å². The van der Waals surface area contributed by atoms with Crippen LogP contribution in [0.1, 0.15) is 16.7 Å². The molecule has 0 bridgehead atoms. The quantitative estimate of drug-likeness (QED) is 0.491. The standard InChI is InChI=1S/C21H18BrNO/c1-16-10-11-19(13-21(16)22)23-14-18-8-5-9-20(12-18)24-15-17-6-3-2-4-7-17/h2-14H,15H2,1H3. The van der Waals surface area contributed by atoms with E-state index in [1.165, 1.54) is 5.56 Å². The van der Waals surface area contributed by atoms with Crippen LogP contribution in [0.4, 0.5) is 5.69 Å². The highest BCUT2D eigenvalue weighted by Gasteiger charge is 1.98. The van der Waals surface area contributed by atoms with Crippen molar-refractivity contribution < 1.29 is 4.74 Å². The van der Waals surface area contributed by atoms with Crippen molar-refractivity contribution in [1.82, 2.24) is 0 Å². The lowest BCUT2D eigenvalue weighted by molar-refractivity contribution is 0.306. The third-order valence-electron chi connectivity index (χ3n) is 3.62. The van der Waals surface area contributed by atoms with Gasteiger partial charge in [0.2, 0.25) is 0 Å². The molecule has 0 aliphatic rings. The molecule has 0 unspecified atom stereocenters. The van der Waals surface area contributed by atoms with E-state index in [0.717, 1.165) is 27.0 Å². The average molecular weight is 380 g/mol. The second kappa shape index (κ2) is 7.93. The van der Waals surface area contributed by atoms with Crippen molar-refractivity contribution >= 4 is 27.8 Å². The van der Waals surface area contributed by atoms with E-state index in [2.05, 4.69) is 46.0 Å². The molecule has 0 aliphatic carbocycles. The third-order valence-corrected chi connectivity index (χ3v) is 4.48. The van der Waals surface area contributed by atoms with Crippen molar-refractivity contribution in [2.24, 2.45) is 4.99 Å². The highest BCUT2D eigenvalue weighted by molar-refractivity contribution is 9.10. The van der Waals surface area contributed by atoms with Gasteiger partial charge >= 0.3 is 0 Å². The summed E-state index contributed by atoms with van der Waals surface area (Å²) in [6.45, 7) is 2.62. The van der Waals surface area contributed by atoms with Crippen LogP contribution < -0.4 is 4.74 Å². The normalized spacial score (nSPS) is 10.9. The first-order valence-electron chi connectivity index (χ1n) is 7.78. The Labute approximate surface area is 151 Å². The van der Waals surface area contributed by atoms with E-state index in [1.807, 2.05) is 60.8 Å². The van der Waals surface area contributed by atoms with E-state index in [9.17, 15) is 0 Å². The van der Waals surface area contributed by atoms with Crippen LogP contribution in [0.5, 0.6) is 5.75 Å². The molecule has 0 fully saturated rings. The topological polar surface area (TPSA) is 21.6 Å². The lowest BCUT2D eigenvalue weighted by atomic mass is 10.2. The van der Waals surface area contributed by atoms with Crippen LogP contribution in [0.15, 0.2) is 82.3 Å². The van der Waals surface area contributed by atoms with Gasteiger partial charge in [0.05, 0.1) is 5.69 Å². The van der Waals surface area contributed by atoms with E-state index in [-0.39, 0.29) is 0 Å². The zero-order chi connectivity index (χ0) is 16.8. The molecular weight excluding hydrogens is 362 g/mol. The monoisotopic (exact) mass is 379 g/mol. The molecule has 3 rings (SSSR count). The van der Waals surface area contributed by atoms with Gasteiger partial charge in [-0.25, -0.2) is 0 Å². The number of aryl methyl sites for hydroxylation is 1. The summed E-state index contributed by atoms with van der Waals surface area (Å²) in [5.74, 6) is 0.841. The van der Waals surface area contributed by atoms with E-state index >= 15 is 0 Å². The number of halogens is 1. The predicted octanol–water partition coefficient (Wildman–Crippen LogP) is 6.09. The largest absolute Gasteiger partial charge is 0.489 e. The molecule has 3 aromatic rings. The van der Waals surface area contributed by atoms with Crippen molar-refractivity contribution in [2.45, 2.75) is 13.5 Å². The Balaban J connectivity index is 1.68. The van der Waals surface area contributed by atoms with Crippen LogP contribution in [0, 0.1) is 6.92 Å². The van der Waals surface area contributed by atoms with Gasteiger partial charge in [-0.2, -0.15) is 0 Å². The highest BCUT2D eigenvalue weighted by atomic mass is 79.9. The predicted molar refractivity (Wildman–Crippen MR) is 103 cm³/mol. The molecule has 120 valence electrons. The van der Waals surface area contributed by atoms with Crippen LogP contribution >= 0.6 is 15.9 Å². The van der Waals surface area contributed by atoms with Gasteiger partial charge in [0.25, 0.3) is 0 Å². The van der Waals surface area contributed by atoms with E-state index in [1.54, 1.807) is 0 Å². The van der Waals surface area contributed by atoms with Gasteiger partial charge in [-0.05, 0) is 47.9 Å². The average Bonchev–Trinajstić information content (AvgIpc) is 2.62. The highest BCUT2D eigenvalue weighted by Crippen LogP contribution is 2.23. The first-order chi connectivity index (χ1) is 11.7. The maximum absolute atomic E-state index is 5.85. The molecule has 0 radical (unpaired) electrons. The Kier molecular flexibility index (Phi) is 5.44. The molecule has 0 aliphatic heterocycles. The number of hydrogen-bond acceptors (Lipinski definition) is 2. The number of rotatable bonds is 5. The summed E-state index contributed by atoms with van der Waals surface area (Å²) in [5.41, 5.74) is 4.28. The lowest BCUT2D eigenvalue weighted by Crippen LogP contribution is -1.95. The van der Waals surface area contributed by atoms with Crippen LogP contribution in [-0.2, 0) is 6.61 Å². The van der Waals surface area contributed by atoms with Crippen LogP contribution in [-0.4, -0.2) is 6.21 Å². The Morgan fingerprint density at radius 1 is 0.958 bits per heavy atom. The Morgan fingerprint density at radius 2 is 1.79 bits per heavy atom. The second-order valence-corrected chi connectivity index (χ2v) is 6.39. The SMILES string of the molecule is Cc1ccc(N=Cc2cccc(OCc3ccccc3)c2)cc1Br. The fraction of sp³-hybridized carbons (Fsp3) is 0.0952. The molecule has 0 aromatic heterocycles. The number of ether oxygens (including phenoxy) is 1. The summed E-state index contributed by atoms with van der Waals surface area (Å²) in [5, 5.41) is 0. The zero-order valence-electron chi connectivity index (χ0n) is 13.4. The second-order valence-electron chi connectivity index (χ2n) is 5.54. The number of benzene rings is 3. The van der Waals surface area contributed by atoms with Crippen molar-refractivity contribution in [1.29, 1.82) is 0 Å². The first kappa shape index (κ1) is 16.5. The Hall–Kier alpha value is -2.39. The van der Waals surface area contributed by atoms with Crippen LogP contribution in [0.25, 0.3) is 0 Å². The van der Waals surface area contributed by atoms with Crippen LogP contribution in [0.3, 0.4) is 0 Å². The summed E-state index contributed by atoms with van der Waals surface area (Å²) < 4.78 is 6.92. The molecule has 24 heavy (non-hydrogen) atoms. The van der Waals surface area contributed by atoms with Crippen molar-refractivity contribution in [3.8, 4) is 5.75 Å². The van der Waals surface area contributed by atoms with Crippen molar-refractivity contribution in [2.75, 3.05) is 0 Å². The van der Waals surface area contributed by atoms with E-state index < -0.39 is 0 Å². The minimum absolute atomic E-state index is 0.562. The van der Waals surface area contributed by atoms with Crippen LogP contribution in [0.2, 0.25) is 0 Å². The number of hydrogen-bond donors (Lipinski definition) is 0. The molecule has 3 heteroatoms. The van der Waals surface area contributed by atoms with E-state index in [4.69, 9.17) is 4.74 Å². The summed E-state index contributed by atoms with van der Waals surface area (Å²) in [6, 6.07) is 24.2. The fourth-order valence-corrected chi connectivity index (χ4v) is 2.60. The first-order valence-corrected chi connectivity index (χ1v) is 8.57. The zero-order valence-corrected chi connectivity index (χ0v) is 15.0. The molecular formula is C21H18BrNO. The lowest BCUT2D eigenvalue weighted by Gasteiger charge is -2.06. The minimum Gasteiger partial charge on any atom is -0.489 e. The molecule has 0 saturated carbocycles. The summed E-state index contributed by atoms with van der Waals surface area (Å²) in [4.78, 5) is 4.53. The molecule has 0 heterocycles. The Morgan fingerprint density at radius 3 is 2.58 bits per heavy atom. The number of nitrogens with zero attached hydrogens (tertiary/aromatic N) is 1. The maximum Gasteiger partial charge on any atom is 0.120 e. The van der Waals surface area contributed by atoms with Gasteiger partial charge in [0.15, 0.2) is 0 Å². The number of aliphatic imine (C=N–C) groups is 1. The van der Waals surface area contributed by atoms with Gasteiger partial charge in [0.1, 0.15) is 12.4 Å². The molecule has 0 saturated heterocycles. The van der Waals surface area contributed by atoms with Gasteiger partial charge in [-0.15, -0.1) is 0 Å². The molecule has 0 spiro atoms. The van der Waals surface area contributed by atoms with E-state index in [0.29, 0.717) is 6.61 Å². The van der Waals surface area contributed by atoms with Gasteiger partial charge in [-0.3, -0.25) is 4.99 Å².